The van der Waals surface area contributed by atoms with Crippen LogP contribution in [0.2, 0.25) is 5.02 Å². The van der Waals surface area contributed by atoms with Gasteiger partial charge in [-0.05, 0) is 30.2 Å². The van der Waals surface area contributed by atoms with Crippen molar-refractivity contribution in [2.24, 2.45) is 5.11 Å². The molecule has 0 amide bonds. The van der Waals surface area contributed by atoms with Crippen LogP contribution < -0.4 is 0 Å². The summed E-state index contributed by atoms with van der Waals surface area (Å²) in [6, 6.07) is 7.16. The van der Waals surface area contributed by atoms with Gasteiger partial charge in [0.15, 0.2) is 0 Å². The molecule has 5 heteroatoms. The van der Waals surface area contributed by atoms with E-state index < -0.39 is 4.87 Å². The first-order valence-corrected chi connectivity index (χ1v) is 4.78. The molecule has 0 fully saturated rings. The van der Waals surface area contributed by atoms with Crippen LogP contribution >= 0.6 is 23.2 Å². The van der Waals surface area contributed by atoms with Crippen molar-refractivity contribution < 1.29 is 0 Å². The summed E-state index contributed by atoms with van der Waals surface area (Å²) in [7, 11) is 0. The fourth-order valence-corrected chi connectivity index (χ4v) is 1.36. The van der Waals surface area contributed by atoms with Crippen molar-refractivity contribution in [2.75, 3.05) is 6.54 Å². The molecule has 0 bridgehead atoms. The van der Waals surface area contributed by atoms with E-state index in [0.29, 0.717) is 5.02 Å². The molecule has 1 rings (SSSR count). The molecule has 0 aliphatic carbocycles. The lowest BCUT2D eigenvalue weighted by Gasteiger charge is -2.19. The highest BCUT2D eigenvalue weighted by atomic mass is 35.5. The Bertz CT molecular complexity index is 353. The van der Waals surface area contributed by atoms with E-state index in [0.717, 1.165) is 5.56 Å². The molecular weight excluding hydrogens is 221 g/mol. The van der Waals surface area contributed by atoms with E-state index in [1.165, 1.54) is 0 Å². The molecule has 3 nitrogen and oxygen atoms in total. The standard InChI is InChI=1S/C9H9Cl2N3/c1-9(11,6-13-14-12)7-2-4-8(10)5-3-7/h2-5H,6H2,1H3. The van der Waals surface area contributed by atoms with Gasteiger partial charge >= 0.3 is 0 Å². The quantitative estimate of drug-likeness (QED) is 0.325. The number of nitrogens with zero attached hydrogens (tertiary/aromatic N) is 3. The van der Waals surface area contributed by atoms with Gasteiger partial charge in [0.2, 0.25) is 0 Å². The molecule has 0 aliphatic heterocycles. The second kappa shape index (κ2) is 4.56. The zero-order valence-corrected chi connectivity index (χ0v) is 9.13. The van der Waals surface area contributed by atoms with Crippen molar-refractivity contribution in [1.82, 2.24) is 0 Å². The predicted octanol–water partition coefficient (Wildman–Crippen LogP) is 4.10. The second-order valence-electron chi connectivity index (χ2n) is 3.09. The van der Waals surface area contributed by atoms with Crippen molar-refractivity contribution in [1.29, 1.82) is 0 Å². The fraction of sp³-hybridized carbons (Fsp3) is 0.333. The molecule has 0 N–H and O–H groups in total. The average molecular weight is 230 g/mol. The molecule has 0 aromatic heterocycles. The second-order valence-corrected chi connectivity index (χ2v) is 4.36. The van der Waals surface area contributed by atoms with Crippen LogP contribution in [-0.2, 0) is 4.87 Å². The largest absolute Gasteiger partial charge is 0.114 e. The first-order chi connectivity index (χ1) is 6.56. The molecule has 1 aromatic carbocycles. The van der Waals surface area contributed by atoms with Gasteiger partial charge in [-0.25, -0.2) is 0 Å². The van der Waals surface area contributed by atoms with Crippen molar-refractivity contribution in [2.45, 2.75) is 11.8 Å². The molecular formula is C9H9Cl2N3. The Kier molecular flexibility index (Phi) is 3.64. The van der Waals surface area contributed by atoms with E-state index in [-0.39, 0.29) is 6.54 Å². The van der Waals surface area contributed by atoms with Gasteiger partial charge in [-0.1, -0.05) is 28.8 Å². The van der Waals surface area contributed by atoms with E-state index in [4.69, 9.17) is 28.7 Å². The summed E-state index contributed by atoms with van der Waals surface area (Å²) < 4.78 is 0. The maximum atomic E-state index is 8.20. The minimum absolute atomic E-state index is 0.215. The van der Waals surface area contributed by atoms with Gasteiger partial charge in [0, 0.05) is 16.5 Å². The summed E-state index contributed by atoms with van der Waals surface area (Å²) in [6.07, 6.45) is 0. The van der Waals surface area contributed by atoms with Crippen LogP contribution in [0.15, 0.2) is 29.4 Å². The third-order valence-corrected chi connectivity index (χ3v) is 2.47. The molecule has 0 saturated heterocycles. The molecule has 1 unspecified atom stereocenters. The number of azide groups is 1. The number of alkyl halides is 1. The third kappa shape index (κ3) is 2.81. The lowest BCUT2D eigenvalue weighted by Crippen LogP contribution is -2.17. The van der Waals surface area contributed by atoms with Crippen molar-refractivity contribution >= 4 is 23.2 Å². The highest BCUT2D eigenvalue weighted by Crippen LogP contribution is 2.29. The Morgan fingerprint density at radius 1 is 1.43 bits per heavy atom. The topological polar surface area (TPSA) is 48.8 Å². The minimum Gasteiger partial charge on any atom is -0.114 e. The van der Waals surface area contributed by atoms with Gasteiger partial charge in [0.1, 0.15) is 0 Å². The van der Waals surface area contributed by atoms with Crippen LogP contribution in [0.25, 0.3) is 10.4 Å². The number of rotatable bonds is 3. The maximum Gasteiger partial charge on any atom is 0.0723 e. The molecule has 1 atom stereocenters. The Morgan fingerprint density at radius 2 is 2.00 bits per heavy atom. The molecule has 0 aliphatic rings. The van der Waals surface area contributed by atoms with Crippen LogP contribution in [0.1, 0.15) is 12.5 Å². The Labute approximate surface area is 92.3 Å². The van der Waals surface area contributed by atoms with Gasteiger partial charge in [-0.15, -0.1) is 11.6 Å². The van der Waals surface area contributed by atoms with Crippen molar-refractivity contribution in [3.63, 3.8) is 0 Å². The van der Waals surface area contributed by atoms with Crippen LogP contribution in [0.5, 0.6) is 0 Å². The summed E-state index contributed by atoms with van der Waals surface area (Å²) in [6.45, 7) is 2.01. The van der Waals surface area contributed by atoms with E-state index in [1.807, 2.05) is 12.1 Å². The average Bonchev–Trinajstić information content (AvgIpc) is 2.16. The number of hydrogen-bond donors (Lipinski definition) is 0. The number of halogens is 2. The Morgan fingerprint density at radius 3 is 2.50 bits per heavy atom. The maximum absolute atomic E-state index is 8.20. The minimum atomic E-state index is -0.670. The van der Waals surface area contributed by atoms with Gasteiger partial charge < -0.3 is 0 Å². The SMILES string of the molecule is CC(Cl)(CN=[N+]=[N-])c1ccc(Cl)cc1. The van der Waals surface area contributed by atoms with Gasteiger partial charge in [0.25, 0.3) is 0 Å². The smallest absolute Gasteiger partial charge is 0.0723 e. The van der Waals surface area contributed by atoms with Crippen molar-refractivity contribution in [3.05, 3.63) is 45.3 Å². The fourth-order valence-electron chi connectivity index (χ4n) is 1.05. The molecule has 1 aromatic rings. The van der Waals surface area contributed by atoms with Crippen LogP contribution in [0, 0.1) is 0 Å². The van der Waals surface area contributed by atoms with E-state index >= 15 is 0 Å². The lowest BCUT2D eigenvalue weighted by atomic mass is 10.0. The van der Waals surface area contributed by atoms with Gasteiger partial charge in [0.05, 0.1) is 4.87 Å². The Hall–Kier alpha value is -0.890. The van der Waals surface area contributed by atoms with Crippen LogP contribution in [0.3, 0.4) is 0 Å². The Balaban J connectivity index is 2.91. The zero-order chi connectivity index (χ0) is 10.6. The summed E-state index contributed by atoms with van der Waals surface area (Å²) in [5.41, 5.74) is 9.08. The normalized spacial score (nSPS) is 14.2. The highest BCUT2D eigenvalue weighted by Gasteiger charge is 2.22. The molecule has 74 valence electrons. The summed E-state index contributed by atoms with van der Waals surface area (Å²) in [4.78, 5) is 2.01. The zero-order valence-electron chi connectivity index (χ0n) is 7.61. The van der Waals surface area contributed by atoms with E-state index in [1.54, 1.807) is 19.1 Å². The van der Waals surface area contributed by atoms with Crippen LogP contribution in [0.4, 0.5) is 0 Å². The molecule has 14 heavy (non-hydrogen) atoms. The molecule has 0 saturated carbocycles. The monoisotopic (exact) mass is 229 g/mol. The molecule has 0 heterocycles. The summed E-state index contributed by atoms with van der Waals surface area (Å²) in [5, 5.41) is 4.12. The summed E-state index contributed by atoms with van der Waals surface area (Å²) in [5.74, 6) is 0. The predicted molar refractivity (Wildman–Crippen MR) is 58.7 cm³/mol. The van der Waals surface area contributed by atoms with Gasteiger partial charge in [-0.2, -0.15) is 0 Å². The van der Waals surface area contributed by atoms with E-state index in [9.17, 15) is 0 Å². The summed E-state index contributed by atoms with van der Waals surface area (Å²) >= 11 is 11.9. The van der Waals surface area contributed by atoms with E-state index in [2.05, 4.69) is 10.0 Å². The molecule has 0 spiro atoms. The van der Waals surface area contributed by atoms with Gasteiger partial charge in [-0.3, -0.25) is 0 Å². The van der Waals surface area contributed by atoms with Crippen molar-refractivity contribution in [3.8, 4) is 0 Å². The first kappa shape index (κ1) is 11.2. The number of hydrogen-bond acceptors (Lipinski definition) is 1. The first-order valence-electron chi connectivity index (χ1n) is 4.02. The highest BCUT2D eigenvalue weighted by molar-refractivity contribution is 6.30. The molecule has 0 radical (unpaired) electrons. The lowest BCUT2D eigenvalue weighted by molar-refractivity contribution is 0.686. The van der Waals surface area contributed by atoms with Crippen LogP contribution in [-0.4, -0.2) is 6.54 Å². The third-order valence-electron chi connectivity index (χ3n) is 1.88. The number of benzene rings is 1.